The third-order valence-corrected chi connectivity index (χ3v) is 2.54. The van der Waals surface area contributed by atoms with Crippen LogP contribution in [0.15, 0.2) is 42.7 Å². The molecule has 0 aliphatic heterocycles. The Balaban J connectivity index is 1.79. The summed E-state index contributed by atoms with van der Waals surface area (Å²) >= 11 is 0. The van der Waals surface area contributed by atoms with Crippen molar-refractivity contribution in [3.05, 3.63) is 48.3 Å². The molecule has 0 saturated heterocycles. The molecule has 0 aliphatic rings. The van der Waals surface area contributed by atoms with Crippen molar-refractivity contribution in [2.24, 2.45) is 0 Å². The van der Waals surface area contributed by atoms with E-state index < -0.39 is 6.36 Å². The van der Waals surface area contributed by atoms with E-state index in [2.05, 4.69) is 15.2 Å². The first-order chi connectivity index (χ1) is 9.53. The monoisotopic (exact) mass is 285 g/mol. The zero-order valence-electron chi connectivity index (χ0n) is 10.6. The average Bonchev–Trinajstić information content (AvgIpc) is 2.86. The Labute approximate surface area is 114 Å². The molecule has 0 unspecified atom stereocenters. The predicted molar refractivity (Wildman–Crippen MR) is 67.1 cm³/mol. The molecule has 1 N–H and O–H groups in total. The molecule has 1 aromatic heterocycles. The third-order valence-electron chi connectivity index (χ3n) is 2.54. The molecule has 0 atom stereocenters. The molecule has 0 radical (unpaired) electrons. The summed E-state index contributed by atoms with van der Waals surface area (Å²) in [7, 11) is 0. The molecule has 0 amide bonds. The van der Waals surface area contributed by atoms with E-state index in [0.29, 0.717) is 19.6 Å². The van der Waals surface area contributed by atoms with Gasteiger partial charge >= 0.3 is 6.36 Å². The minimum atomic E-state index is -4.66. The van der Waals surface area contributed by atoms with Crippen molar-refractivity contribution in [3.63, 3.8) is 0 Å². The molecular formula is C13H14F3N3O. The molecule has 1 heterocycles. The van der Waals surface area contributed by atoms with Gasteiger partial charge in [-0.15, -0.1) is 13.2 Å². The summed E-state index contributed by atoms with van der Waals surface area (Å²) < 4.78 is 41.9. The number of hydrogen-bond acceptors (Lipinski definition) is 3. The molecule has 0 spiro atoms. The van der Waals surface area contributed by atoms with Crippen LogP contribution in [-0.4, -0.2) is 22.7 Å². The summed E-state index contributed by atoms with van der Waals surface area (Å²) in [5.74, 6) is -0.205. The van der Waals surface area contributed by atoms with Crippen molar-refractivity contribution >= 4 is 0 Å². The maximum absolute atomic E-state index is 12.1. The van der Waals surface area contributed by atoms with Gasteiger partial charge in [-0.2, -0.15) is 5.10 Å². The van der Waals surface area contributed by atoms with Gasteiger partial charge in [-0.3, -0.25) is 4.68 Å². The minimum absolute atomic E-state index is 0.205. The molecule has 4 nitrogen and oxygen atoms in total. The number of benzene rings is 1. The number of nitrogens with zero attached hydrogens (tertiary/aromatic N) is 2. The molecular weight excluding hydrogens is 271 g/mol. The van der Waals surface area contributed by atoms with Crippen molar-refractivity contribution in [2.45, 2.75) is 19.5 Å². The van der Waals surface area contributed by atoms with Gasteiger partial charge in [-0.25, -0.2) is 0 Å². The quantitative estimate of drug-likeness (QED) is 0.829. The van der Waals surface area contributed by atoms with Crippen LogP contribution in [0, 0.1) is 0 Å². The first-order valence-electron chi connectivity index (χ1n) is 6.06. The van der Waals surface area contributed by atoms with Gasteiger partial charge in [0.05, 0.1) is 6.54 Å². The van der Waals surface area contributed by atoms with E-state index in [-0.39, 0.29) is 5.75 Å². The molecule has 0 aliphatic carbocycles. The molecule has 7 heteroatoms. The maximum Gasteiger partial charge on any atom is 0.573 e. The Hall–Kier alpha value is -2.02. The summed E-state index contributed by atoms with van der Waals surface area (Å²) in [6.07, 6.45) is -1.12. The van der Waals surface area contributed by atoms with Crippen LogP contribution in [0.2, 0.25) is 0 Å². The topological polar surface area (TPSA) is 39.1 Å². The number of aromatic nitrogens is 2. The maximum atomic E-state index is 12.1. The fraction of sp³-hybridized carbons (Fsp3) is 0.308. The van der Waals surface area contributed by atoms with Crippen molar-refractivity contribution in [1.82, 2.24) is 15.1 Å². The summed E-state index contributed by atoms with van der Waals surface area (Å²) in [6.45, 7) is 1.84. The smallest absolute Gasteiger partial charge is 0.406 e. The number of alkyl halides is 3. The van der Waals surface area contributed by atoms with Crippen LogP contribution >= 0.6 is 0 Å². The highest BCUT2D eigenvalue weighted by atomic mass is 19.4. The lowest BCUT2D eigenvalue weighted by atomic mass is 10.2. The molecule has 2 rings (SSSR count). The highest BCUT2D eigenvalue weighted by Gasteiger charge is 2.31. The Morgan fingerprint density at radius 3 is 2.80 bits per heavy atom. The fourth-order valence-corrected chi connectivity index (χ4v) is 1.71. The predicted octanol–water partition coefficient (Wildman–Crippen LogP) is 2.57. The highest BCUT2D eigenvalue weighted by molar-refractivity contribution is 5.28. The standard InChI is InChI=1S/C13H14F3N3O/c14-13(15,16)20-12-4-1-3-11(9-12)10-17-6-8-19-7-2-5-18-19/h1-5,7,9,17H,6,8,10H2. The second-order valence-corrected chi connectivity index (χ2v) is 4.14. The van der Waals surface area contributed by atoms with Crippen LogP contribution in [0.25, 0.3) is 0 Å². The van der Waals surface area contributed by atoms with Crippen LogP contribution in [0.1, 0.15) is 5.56 Å². The van der Waals surface area contributed by atoms with E-state index in [0.717, 1.165) is 5.56 Å². The van der Waals surface area contributed by atoms with Crippen molar-refractivity contribution < 1.29 is 17.9 Å². The van der Waals surface area contributed by atoms with E-state index in [4.69, 9.17) is 0 Å². The summed E-state index contributed by atoms with van der Waals surface area (Å²) in [6, 6.07) is 7.75. The van der Waals surface area contributed by atoms with E-state index in [1.807, 2.05) is 12.3 Å². The van der Waals surface area contributed by atoms with Gasteiger partial charge in [0.25, 0.3) is 0 Å². The Morgan fingerprint density at radius 2 is 2.10 bits per heavy atom. The van der Waals surface area contributed by atoms with Gasteiger partial charge < -0.3 is 10.1 Å². The SMILES string of the molecule is FC(F)(F)Oc1cccc(CNCCn2cccn2)c1. The van der Waals surface area contributed by atoms with E-state index >= 15 is 0 Å². The Kier molecular flexibility index (Phi) is 4.62. The molecule has 20 heavy (non-hydrogen) atoms. The lowest BCUT2D eigenvalue weighted by Crippen LogP contribution is -2.20. The lowest BCUT2D eigenvalue weighted by Gasteiger charge is -2.10. The second-order valence-electron chi connectivity index (χ2n) is 4.14. The first kappa shape index (κ1) is 14.4. The molecule has 2 aromatic rings. The number of ether oxygens (including phenoxy) is 1. The van der Waals surface area contributed by atoms with Gasteiger partial charge in [0, 0.05) is 25.5 Å². The van der Waals surface area contributed by atoms with Crippen LogP contribution in [0.4, 0.5) is 13.2 Å². The number of nitrogens with one attached hydrogen (secondary N) is 1. The second kappa shape index (κ2) is 6.42. The van der Waals surface area contributed by atoms with E-state index in [9.17, 15) is 13.2 Å². The molecule has 108 valence electrons. The fourth-order valence-electron chi connectivity index (χ4n) is 1.71. The van der Waals surface area contributed by atoms with Crippen LogP contribution in [0.3, 0.4) is 0 Å². The van der Waals surface area contributed by atoms with Gasteiger partial charge in [-0.05, 0) is 23.8 Å². The molecule has 1 aromatic carbocycles. The zero-order valence-corrected chi connectivity index (χ0v) is 10.6. The van der Waals surface area contributed by atoms with Gasteiger partial charge in [-0.1, -0.05) is 12.1 Å². The summed E-state index contributed by atoms with van der Waals surface area (Å²) in [4.78, 5) is 0. The van der Waals surface area contributed by atoms with Crippen LogP contribution in [-0.2, 0) is 13.1 Å². The lowest BCUT2D eigenvalue weighted by molar-refractivity contribution is -0.274. The molecule has 0 fully saturated rings. The van der Waals surface area contributed by atoms with Crippen molar-refractivity contribution in [3.8, 4) is 5.75 Å². The zero-order chi connectivity index (χ0) is 14.4. The summed E-state index contributed by atoms with van der Waals surface area (Å²) in [5, 5.41) is 7.18. The largest absolute Gasteiger partial charge is 0.573 e. The van der Waals surface area contributed by atoms with Crippen LogP contribution < -0.4 is 10.1 Å². The summed E-state index contributed by atoms with van der Waals surface area (Å²) in [5.41, 5.74) is 0.729. The third kappa shape index (κ3) is 4.93. The minimum Gasteiger partial charge on any atom is -0.406 e. The molecule has 0 bridgehead atoms. The highest BCUT2D eigenvalue weighted by Crippen LogP contribution is 2.23. The van der Waals surface area contributed by atoms with Crippen molar-refractivity contribution in [1.29, 1.82) is 0 Å². The number of rotatable bonds is 6. The number of halogens is 3. The van der Waals surface area contributed by atoms with Gasteiger partial charge in [0.2, 0.25) is 0 Å². The molecule has 0 saturated carbocycles. The van der Waals surface area contributed by atoms with Gasteiger partial charge in [0.1, 0.15) is 5.75 Å². The Morgan fingerprint density at radius 1 is 1.25 bits per heavy atom. The van der Waals surface area contributed by atoms with Gasteiger partial charge in [0.15, 0.2) is 0 Å². The van der Waals surface area contributed by atoms with E-state index in [1.165, 1.54) is 18.2 Å². The Bertz CT molecular complexity index is 526. The average molecular weight is 285 g/mol. The van der Waals surface area contributed by atoms with Crippen molar-refractivity contribution in [2.75, 3.05) is 6.54 Å². The van der Waals surface area contributed by atoms with Crippen LogP contribution in [0.5, 0.6) is 5.75 Å². The van der Waals surface area contributed by atoms with E-state index in [1.54, 1.807) is 16.9 Å². The number of hydrogen-bond donors (Lipinski definition) is 1. The normalized spacial score (nSPS) is 11.6. The first-order valence-corrected chi connectivity index (χ1v) is 6.06.